The van der Waals surface area contributed by atoms with Crippen LogP contribution >= 0.6 is 0 Å². The van der Waals surface area contributed by atoms with Gasteiger partial charge in [-0.05, 0) is 42.8 Å². The molecule has 140 valence electrons. The van der Waals surface area contributed by atoms with Crippen LogP contribution in [0.25, 0.3) is 5.65 Å². The molecule has 3 rings (SSSR count). The first-order chi connectivity index (χ1) is 13.0. The van der Waals surface area contributed by atoms with Crippen LogP contribution in [0.3, 0.4) is 0 Å². The molecule has 0 radical (unpaired) electrons. The standard InChI is InChI=1S/C18H16F2N4O3/c1-11-16(24-8-4-3-5-15(24)22-11)17(25)23-21-10-12-6-7-13(26-2)14(9-12)27-18(19)20/h3-10,18H,1-2H3,(H,23,25)/b21-10-. The first-order valence-electron chi connectivity index (χ1n) is 7.89. The molecule has 0 aliphatic heterocycles. The molecule has 7 nitrogen and oxygen atoms in total. The molecule has 27 heavy (non-hydrogen) atoms. The lowest BCUT2D eigenvalue weighted by Gasteiger charge is -2.10. The maximum atomic E-state index is 12.5. The number of nitrogens with zero attached hydrogens (tertiary/aromatic N) is 3. The van der Waals surface area contributed by atoms with Gasteiger partial charge < -0.3 is 9.47 Å². The highest BCUT2D eigenvalue weighted by Crippen LogP contribution is 2.28. The summed E-state index contributed by atoms with van der Waals surface area (Å²) in [6.07, 6.45) is 3.04. The minimum Gasteiger partial charge on any atom is -0.493 e. The van der Waals surface area contributed by atoms with Gasteiger partial charge in [0.25, 0.3) is 5.91 Å². The lowest BCUT2D eigenvalue weighted by molar-refractivity contribution is -0.0512. The summed E-state index contributed by atoms with van der Waals surface area (Å²) >= 11 is 0. The molecule has 3 aromatic rings. The zero-order chi connectivity index (χ0) is 19.4. The summed E-state index contributed by atoms with van der Waals surface area (Å²) in [5.74, 6) is -0.404. The van der Waals surface area contributed by atoms with Gasteiger partial charge in [-0.2, -0.15) is 13.9 Å². The van der Waals surface area contributed by atoms with Crippen molar-refractivity contribution in [3.05, 3.63) is 59.5 Å². The number of imidazole rings is 1. The van der Waals surface area contributed by atoms with Gasteiger partial charge in [-0.3, -0.25) is 9.20 Å². The monoisotopic (exact) mass is 374 g/mol. The Labute approximate surface area is 153 Å². The van der Waals surface area contributed by atoms with E-state index in [1.165, 1.54) is 25.5 Å². The minimum absolute atomic E-state index is 0.125. The maximum Gasteiger partial charge on any atom is 0.387 e. The predicted molar refractivity (Wildman–Crippen MR) is 94.6 cm³/mol. The molecular formula is C18H16F2N4O3. The quantitative estimate of drug-likeness (QED) is 0.532. The van der Waals surface area contributed by atoms with E-state index in [1.807, 2.05) is 6.07 Å². The first kappa shape index (κ1) is 18.3. The third kappa shape index (κ3) is 4.02. The number of ether oxygens (including phenoxy) is 2. The van der Waals surface area contributed by atoms with Gasteiger partial charge in [0.2, 0.25) is 0 Å². The van der Waals surface area contributed by atoms with Crippen molar-refractivity contribution in [2.24, 2.45) is 5.10 Å². The topological polar surface area (TPSA) is 77.2 Å². The molecular weight excluding hydrogens is 358 g/mol. The Balaban J connectivity index is 1.77. The van der Waals surface area contributed by atoms with Crippen molar-refractivity contribution in [2.75, 3.05) is 7.11 Å². The number of carbonyl (C=O) groups excluding carboxylic acids is 1. The molecule has 0 aliphatic carbocycles. The molecule has 2 heterocycles. The number of aryl methyl sites for hydroxylation is 1. The number of pyridine rings is 1. The number of methoxy groups -OCH3 is 1. The Morgan fingerprint density at radius 1 is 1.30 bits per heavy atom. The second-order valence-electron chi connectivity index (χ2n) is 5.46. The molecule has 2 aromatic heterocycles. The summed E-state index contributed by atoms with van der Waals surface area (Å²) in [5.41, 5.74) is 4.42. The van der Waals surface area contributed by atoms with E-state index in [2.05, 4.69) is 20.2 Å². The smallest absolute Gasteiger partial charge is 0.387 e. The van der Waals surface area contributed by atoms with Crippen molar-refractivity contribution < 1.29 is 23.0 Å². The van der Waals surface area contributed by atoms with E-state index in [0.717, 1.165) is 0 Å². The van der Waals surface area contributed by atoms with Gasteiger partial charge in [-0.25, -0.2) is 10.4 Å². The Bertz CT molecular complexity index is 1000. The van der Waals surface area contributed by atoms with Crippen molar-refractivity contribution in [3.8, 4) is 11.5 Å². The molecule has 1 aromatic carbocycles. The van der Waals surface area contributed by atoms with Gasteiger partial charge in [0.05, 0.1) is 19.0 Å². The number of benzene rings is 1. The normalized spacial score (nSPS) is 11.3. The average molecular weight is 374 g/mol. The third-order valence-electron chi connectivity index (χ3n) is 3.70. The van der Waals surface area contributed by atoms with Crippen molar-refractivity contribution in [3.63, 3.8) is 0 Å². The van der Waals surface area contributed by atoms with E-state index >= 15 is 0 Å². The average Bonchev–Trinajstić information content (AvgIpc) is 2.97. The minimum atomic E-state index is -2.98. The Kier molecular flexibility index (Phi) is 5.30. The number of fused-ring (bicyclic) bond motifs is 1. The highest BCUT2D eigenvalue weighted by molar-refractivity contribution is 5.95. The summed E-state index contributed by atoms with van der Waals surface area (Å²) in [4.78, 5) is 16.7. The summed E-state index contributed by atoms with van der Waals surface area (Å²) < 4.78 is 36.0. The fourth-order valence-corrected chi connectivity index (χ4v) is 2.57. The van der Waals surface area contributed by atoms with Crippen LogP contribution in [-0.4, -0.2) is 35.2 Å². The molecule has 0 bridgehead atoms. The summed E-state index contributed by atoms with van der Waals surface area (Å²) in [5, 5.41) is 3.87. The number of hydrazone groups is 1. The molecule has 0 aliphatic rings. The van der Waals surface area contributed by atoms with Crippen molar-refractivity contribution in [1.82, 2.24) is 14.8 Å². The molecule has 9 heteroatoms. The second kappa shape index (κ2) is 7.81. The van der Waals surface area contributed by atoms with Crippen LogP contribution in [0.1, 0.15) is 21.7 Å². The number of nitrogens with one attached hydrogen (secondary N) is 1. The number of hydrogen-bond acceptors (Lipinski definition) is 5. The predicted octanol–water partition coefficient (Wildman–Crippen LogP) is 3.02. The van der Waals surface area contributed by atoms with E-state index < -0.39 is 12.5 Å². The number of aromatic nitrogens is 2. The maximum absolute atomic E-state index is 12.5. The van der Waals surface area contributed by atoms with Crippen LogP contribution in [0.4, 0.5) is 8.78 Å². The van der Waals surface area contributed by atoms with Crippen molar-refractivity contribution >= 4 is 17.8 Å². The number of hydrogen-bond donors (Lipinski definition) is 1. The first-order valence-corrected chi connectivity index (χ1v) is 7.89. The molecule has 1 N–H and O–H groups in total. The SMILES string of the molecule is COc1ccc(/C=N\NC(=O)c2c(C)nc3ccccn23)cc1OC(F)F. The highest BCUT2D eigenvalue weighted by Gasteiger charge is 2.15. The molecule has 1 amide bonds. The fourth-order valence-electron chi connectivity index (χ4n) is 2.57. The van der Waals surface area contributed by atoms with Crippen molar-refractivity contribution in [1.29, 1.82) is 0 Å². The molecule has 0 fully saturated rings. The molecule has 0 saturated heterocycles. The highest BCUT2D eigenvalue weighted by atomic mass is 19.3. The lowest BCUT2D eigenvalue weighted by atomic mass is 10.2. The number of halogens is 2. The van der Waals surface area contributed by atoms with E-state index in [1.54, 1.807) is 35.7 Å². The van der Waals surface area contributed by atoms with Crippen LogP contribution in [0.5, 0.6) is 11.5 Å². The number of alkyl halides is 2. The summed E-state index contributed by atoms with van der Waals surface area (Å²) in [6.45, 7) is -1.26. The van der Waals surface area contributed by atoms with Crippen LogP contribution in [0, 0.1) is 6.92 Å². The number of carbonyl (C=O) groups is 1. The Morgan fingerprint density at radius 2 is 2.11 bits per heavy atom. The van der Waals surface area contributed by atoms with Gasteiger partial charge in [0, 0.05) is 6.20 Å². The van der Waals surface area contributed by atoms with Gasteiger partial charge in [0.15, 0.2) is 11.5 Å². The Hall–Kier alpha value is -3.49. The van der Waals surface area contributed by atoms with E-state index in [4.69, 9.17) is 4.74 Å². The van der Waals surface area contributed by atoms with Gasteiger partial charge in [-0.15, -0.1) is 0 Å². The zero-order valence-corrected chi connectivity index (χ0v) is 14.5. The van der Waals surface area contributed by atoms with E-state index in [-0.39, 0.29) is 11.5 Å². The zero-order valence-electron chi connectivity index (χ0n) is 14.5. The molecule has 0 unspecified atom stereocenters. The van der Waals surface area contributed by atoms with Crippen LogP contribution in [0.2, 0.25) is 0 Å². The van der Waals surface area contributed by atoms with E-state index in [0.29, 0.717) is 22.6 Å². The van der Waals surface area contributed by atoms with Crippen LogP contribution in [-0.2, 0) is 0 Å². The van der Waals surface area contributed by atoms with Gasteiger partial charge >= 0.3 is 6.61 Å². The van der Waals surface area contributed by atoms with E-state index in [9.17, 15) is 13.6 Å². The lowest BCUT2D eigenvalue weighted by Crippen LogP contribution is -2.20. The number of amides is 1. The van der Waals surface area contributed by atoms with Crippen molar-refractivity contribution in [2.45, 2.75) is 13.5 Å². The summed E-state index contributed by atoms with van der Waals surface area (Å²) in [6, 6.07) is 9.79. The second-order valence-corrected chi connectivity index (χ2v) is 5.46. The Morgan fingerprint density at radius 3 is 2.85 bits per heavy atom. The molecule has 0 atom stereocenters. The third-order valence-corrected chi connectivity index (χ3v) is 3.70. The van der Waals surface area contributed by atoms with Crippen LogP contribution in [0.15, 0.2) is 47.7 Å². The van der Waals surface area contributed by atoms with Gasteiger partial charge in [0.1, 0.15) is 11.3 Å². The van der Waals surface area contributed by atoms with Gasteiger partial charge in [-0.1, -0.05) is 6.07 Å². The fraction of sp³-hybridized carbons (Fsp3) is 0.167. The summed E-state index contributed by atoms with van der Waals surface area (Å²) in [7, 11) is 1.35. The molecule has 0 spiro atoms. The largest absolute Gasteiger partial charge is 0.493 e. The van der Waals surface area contributed by atoms with Crippen LogP contribution < -0.4 is 14.9 Å². The molecule has 0 saturated carbocycles. The number of rotatable bonds is 6.